The van der Waals surface area contributed by atoms with Crippen LogP contribution in [-0.2, 0) is 14.4 Å². The van der Waals surface area contributed by atoms with Crippen molar-refractivity contribution in [1.82, 2.24) is 20.1 Å². The predicted octanol–water partition coefficient (Wildman–Crippen LogP) is 6.37. The molecule has 1 saturated carbocycles. The summed E-state index contributed by atoms with van der Waals surface area (Å²) >= 11 is 1.63. The van der Waals surface area contributed by atoms with Gasteiger partial charge >= 0.3 is 5.97 Å². The van der Waals surface area contributed by atoms with Crippen molar-refractivity contribution in [2.75, 3.05) is 13.6 Å². The number of nitrogens with one attached hydrogen (secondary N) is 1. The molecule has 0 bridgehead atoms. The van der Waals surface area contributed by atoms with E-state index in [1.165, 1.54) is 18.4 Å². The number of aromatic nitrogens is 1. The highest BCUT2D eigenvalue weighted by Gasteiger charge is 2.43. The zero-order valence-electron chi connectivity index (χ0n) is 26.8. The van der Waals surface area contributed by atoms with Crippen molar-refractivity contribution < 1.29 is 19.5 Å². The third-order valence-corrected chi connectivity index (χ3v) is 8.13. The third-order valence-electron chi connectivity index (χ3n) is 7.43. The molecule has 0 radical (unpaired) electrons. The van der Waals surface area contributed by atoms with Crippen LogP contribution in [0.3, 0.4) is 0 Å². The van der Waals surface area contributed by atoms with Crippen molar-refractivity contribution in [3.05, 3.63) is 63.7 Å². The molecular formula is C33H50N4O4S. The summed E-state index contributed by atoms with van der Waals surface area (Å²) in [7, 11) is 1.93. The summed E-state index contributed by atoms with van der Waals surface area (Å²) in [6, 6.07) is 4.81. The molecule has 2 heterocycles. The lowest BCUT2D eigenvalue weighted by Gasteiger charge is -2.40. The zero-order valence-corrected chi connectivity index (χ0v) is 27.6. The van der Waals surface area contributed by atoms with Gasteiger partial charge in [0, 0.05) is 24.7 Å². The van der Waals surface area contributed by atoms with Gasteiger partial charge < -0.3 is 20.2 Å². The highest BCUT2D eigenvalue weighted by Crippen LogP contribution is 2.37. The minimum Gasteiger partial charge on any atom is -0.479 e. The first-order valence-electron chi connectivity index (χ1n) is 14.9. The van der Waals surface area contributed by atoms with Crippen molar-refractivity contribution in [2.45, 2.75) is 99.2 Å². The van der Waals surface area contributed by atoms with E-state index in [4.69, 9.17) is 0 Å². The SMILES string of the molecule is C/C(=C\N(C)C(C(=O)N1CCCC1C(=O)NC(C(=O)O)c1ccc(C)cc1)C(C)(C)C)C1CC1.CC.Cc1cscn1. The number of nitrogens with zero attached hydrogens (tertiary/aromatic N) is 3. The Balaban J connectivity index is 0.000000672. The van der Waals surface area contributed by atoms with E-state index in [1.807, 2.05) is 83.4 Å². The number of carbonyl (C=O) groups excluding carboxylic acids is 2. The second kappa shape index (κ2) is 15.9. The third kappa shape index (κ3) is 9.96. The Kier molecular flexibility index (Phi) is 13.2. The molecule has 2 amide bonds. The summed E-state index contributed by atoms with van der Waals surface area (Å²) in [6.45, 7) is 16.6. The van der Waals surface area contributed by atoms with E-state index in [9.17, 15) is 19.5 Å². The van der Waals surface area contributed by atoms with Crippen LogP contribution in [0.4, 0.5) is 0 Å². The lowest BCUT2D eigenvalue weighted by molar-refractivity contribution is -0.146. The molecular weight excluding hydrogens is 548 g/mol. The smallest absolute Gasteiger partial charge is 0.330 e. The van der Waals surface area contributed by atoms with E-state index >= 15 is 0 Å². The van der Waals surface area contributed by atoms with Crippen LogP contribution < -0.4 is 5.32 Å². The summed E-state index contributed by atoms with van der Waals surface area (Å²) in [6.07, 6.45) is 5.71. The largest absolute Gasteiger partial charge is 0.479 e. The van der Waals surface area contributed by atoms with Gasteiger partial charge in [-0.2, -0.15) is 0 Å². The number of thiazole rings is 1. The van der Waals surface area contributed by atoms with E-state index < -0.39 is 30.0 Å². The van der Waals surface area contributed by atoms with Crippen molar-refractivity contribution in [3.63, 3.8) is 0 Å². The molecule has 4 rings (SSSR count). The number of carboxylic acids is 1. The van der Waals surface area contributed by atoms with Crippen molar-refractivity contribution in [2.24, 2.45) is 11.3 Å². The first-order valence-corrected chi connectivity index (χ1v) is 15.9. The summed E-state index contributed by atoms with van der Waals surface area (Å²) in [5.41, 5.74) is 5.39. The molecule has 8 nitrogen and oxygen atoms in total. The molecule has 42 heavy (non-hydrogen) atoms. The fourth-order valence-electron chi connectivity index (χ4n) is 5.21. The molecule has 1 aliphatic carbocycles. The number of hydrogen-bond acceptors (Lipinski definition) is 6. The van der Waals surface area contributed by atoms with E-state index in [2.05, 4.69) is 23.4 Å². The molecule has 2 N–H and O–H groups in total. The number of amides is 2. The second-order valence-corrected chi connectivity index (χ2v) is 12.8. The summed E-state index contributed by atoms with van der Waals surface area (Å²) in [4.78, 5) is 46.6. The van der Waals surface area contributed by atoms with Gasteiger partial charge in [-0.1, -0.05) is 70.0 Å². The number of aryl methyl sites for hydroxylation is 2. The van der Waals surface area contributed by atoms with Crippen molar-refractivity contribution in [1.29, 1.82) is 0 Å². The van der Waals surface area contributed by atoms with Crippen LogP contribution in [0.2, 0.25) is 0 Å². The van der Waals surface area contributed by atoms with Crippen molar-refractivity contribution in [3.8, 4) is 0 Å². The van der Waals surface area contributed by atoms with Crippen LogP contribution in [-0.4, -0.2) is 63.4 Å². The summed E-state index contributed by atoms with van der Waals surface area (Å²) in [5, 5.41) is 14.5. The Morgan fingerprint density at radius 3 is 2.19 bits per heavy atom. The number of likely N-dealkylation sites (N-methyl/N-ethyl adjacent to an activating group) is 1. The van der Waals surface area contributed by atoms with Gasteiger partial charge in [-0.05, 0) is 69.6 Å². The second-order valence-electron chi connectivity index (χ2n) is 12.1. The average Bonchev–Trinajstić information content (AvgIpc) is 3.46. The number of allylic oxidation sites excluding steroid dienone is 1. The average molecular weight is 599 g/mol. The maximum absolute atomic E-state index is 13.8. The van der Waals surface area contributed by atoms with E-state index in [-0.39, 0.29) is 11.3 Å². The van der Waals surface area contributed by atoms with Crippen LogP contribution in [0.1, 0.15) is 90.1 Å². The fourth-order valence-corrected chi connectivity index (χ4v) is 5.76. The van der Waals surface area contributed by atoms with Gasteiger partial charge in [0.1, 0.15) is 12.1 Å². The number of carbonyl (C=O) groups is 3. The van der Waals surface area contributed by atoms with Crippen LogP contribution in [0.5, 0.6) is 0 Å². The Bertz CT molecular complexity index is 1180. The summed E-state index contributed by atoms with van der Waals surface area (Å²) in [5.74, 6) is -1.02. The number of likely N-dealkylation sites (tertiary alicyclic amines) is 1. The molecule has 2 fully saturated rings. The molecule has 9 heteroatoms. The zero-order chi connectivity index (χ0) is 31.6. The predicted molar refractivity (Wildman–Crippen MR) is 170 cm³/mol. The molecule has 3 unspecified atom stereocenters. The Labute approximate surface area is 256 Å². The van der Waals surface area contributed by atoms with Gasteiger partial charge in [-0.15, -0.1) is 11.3 Å². The Morgan fingerprint density at radius 2 is 1.74 bits per heavy atom. The highest BCUT2D eigenvalue weighted by molar-refractivity contribution is 7.07. The molecule has 1 aliphatic heterocycles. The number of carboxylic acid groups (broad SMARTS) is 1. The monoisotopic (exact) mass is 598 g/mol. The van der Waals surface area contributed by atoms with Gasteiger partial charge in [0.15, 0.2) is 6.04 Å². The van der Waals surface area contributed by atoms with Gasteiger partial charge in [0.25, 0.3) is 0 Å². The van der Waals surface area contributed by atoms with Crippen LogP contribution in [0.15, 0.2) is 46.9 Å². The number of benzene rings is 1. The molecule has 1 aromatic carbocycles. The van der Waals surface area contributed by atoms with E-state index in [1.54, 1.807) is 28.4 Å². The summed E-state index contributed by atoms with van der Waals surface area (Å²) < 4.78 is 0. The van der Waals surface area contributed by atoms with Crippen LogP contribution in [0, 0.1) is 25.2 Å². The van der Waals surface area contributed by atoms with Gasteiger partial charge in [-0.3, -0.25) is 14.6 Å². The Hall–Kier alpha value is -3.20. The van der Waals surface area contributed by atoms with Gasteiger partial charge in [0.2, 0.25) is 11.8 Å². The Morgan fingerprint density at radius 1 is 1.12 bits per heavy atom. The minimum absolute atomic E-state index is 0.0882. The first-order chi connectivity index (χ1) is 19.8. The maximum Gasteiger partial charge on any atom is 0.330 e. The van der Waals surface area contributed by atoms with E-state index in [0.29, 0.717) is 30.9 Å². The maximum atomic E-state index is 13.8. The van der Waals surface area contributed by atoms with Crippen molar-refractivity contribution >= 4 is 29.1 Å². The molecule has 2 aromatic rings. The molecule has 232 valence electrons. The lowest BCUT2D eigenvalue weighted by Crippen LogP contribution is -2.56. The van der Waals surface area contributed by atoms with Crippen LogP contribution >= 0.6 is 11.3 Å². The number of hydrogen-bond donors (Lipinski definition) is 2. The topological polar surface area (TPSA) is 103 Å². The molecule has 3 atom stereocenters. The molecule has 2 aliphatic rings. The fraction of sp³-hybridized carbons (Fsp3) is 0.576. The number of aliphatic carboxylic acids is 1. The lowest BCUT2D eigenvalue weighted by atomic mass is 9.84. The van der Waals surface area contributed by atoms with E-state index in [0.717, 1.165) is 11.3 Å². The standard InChI is InChI=1S/C27H39N3O4.C4H5NS.C2H6/c1-17-9-11-20(12-10-17)22(26(33)34)28-24(31)21-8-7-15-30(21)25(32)23(27(3,4)5)29(6)16-18(2)19-13-14-19;1-4-2-6-3-5-4;1-2/h9-12,16,19,21-23H,7-8,13-15H2,1-6H3,(H,28,31)(H,33,34);2-3H,1H3;1-2H3/b18-16+;;. The molecule has 0 spiro atoms. The van der Waals surface area contributed by atoms with Crippen LogP contribution in [0.25, 0.3) is 0 Å². The number of rotatable bonds is 8. The normalized spacial score (nSPS) is 18.1. The minimum atomic E-state index is -1.16. The quantitative estimate of drug-likeness (QED) is 0.366. The van der Waals surface area contributed by atoms with Gasteiger partial charge in [-0.25, -0.2) is 4.79 Å². The molecule has 1 saturated heterocycles. The first kappa shape index (κ1) is 35.0. The van der Waals surface area contributed by atoms with Gasteiger partial charge in [0.05, 0.1) is 5.51 Å². The highest BCUT2D eigenvalue weighted by atomic mass is 32.1. The molecule has 1 aromatic heterocycles.